The summed E-state index contributed by atoms with van der Waals surface area (Å²) in [6, 6.07) is -0.556. The molecule has 0 aromatic carbocycles. The van der Waals surface area contributed by atoms with Crippen LogP contribution in [-0.2, 0) is 9.59 Å². The van der Waals surface area contributed by atoms with Gasteiger partial charge in [0.15, 0.2) is 0 Å². The quantitative estimate of drug-likeness (QED) is 0.598. The van der Waals surface area contributed by atoms with Crippen molar-refractivity contribution in [3.05, 3.63) is 0 Å². The summed E-state index contributed by atoms with van der Waals surface area (Å²) in [5, 5.41) is 14.4. The third kappa shape index (κ3) is 5.70. The number of amides is 1. The predicted molar refractivity (Wildman–Crippen MR) is 62.2 cm³/mol. The van der Waals surface area contributed by atoms with Crippen molar-refractivity contribution in [2.75, 3.05) is 6.54 Å². The van der Waals surface area contributed by atoms with E-state index in [-0.39, 0.29) is 24.4 Å². The molecule has 0 aliphatic carbocycles. The summed E-state index contributed by atoms with van der Waals surface area (Å²) in [7, 11) is 0. The smallest absolute Gasteiger partial charge is 0.326 e. The summed E-state index contributed by atoms with van der Waals surface area (Å²) in [6.07, 6.45) is 0.930. The van der Waals surface area contributed by atoms with Gasteiger partial charge in [-0.15, -0.1) is 0 Å². The second kappa shape index (κ2) is 7.22. The summed E-state index contributed by atoms with van der Waals surface area (Å²) in [5.41, 5.74) is 0. The lowest BCUT2D eigenvalue weighted by atomic mass is 10.0. The predicted octanol–water partition coefficient (Wildman–Crippen LogP) is 0.600. The van der Waals surface area contributed by atoms with Gasteiger partial charge in [0.05, 0.1) is 6.54 Å². The fourth-order valence-electron chi connectivity index (χ4n) is 1.15. The number of hydrogen-bond donors (Lipinski definition) is 3. The first-order chi connectivity index (χ1) is 7.38. The minimum absolute atomic E-state index is 0.120. The van der Waals surface area contributed by atoms with Crippen molar-refractivity contribution in [3.63, 3.8) is 0 Å². The molecule has 5 nitrogen and oxygen atoms in total. The molecule has 16 heavy (non-hydrogen) atoms. The molecule has 0 spiro atoms. The Morgan fingerprint density at radius 2 is 1.81 bits per heavy atom. The van der Waals surface area contributed by atoms with Crippen molar-refractivity contribution in [3.8, 4) is 0 Å². The van der Waals surface area contributed by atoms with Crippen LogP contribution >= 0.6 is 0 Å². The second-order valence-corrected chi connectivity index (χ2v) is 4.32. The van der Waals surface area contributed by atoms with Gasteiger partial charge in [-0.1, -0.05) is 20.8 Å². The van der Waals surface area contributed by atoms with E-state index >= 15 is 0 Å². The van der Waals surface area contributed by atoms with Gasteiger partial charge in [0.1, 0.15) is 6.04 Å². The SMILES string of the molecule is CCC(C)NCC(=O)N[C@@H](C(=O)O)C(C)C. The van der Waals surface area contributed by atoms with E-state index < -0.39 is 12.0 Å². The fourth-order valence-corrected chi connectivity index (χ4v) is 1.15. The van der Waals surface area contributed by atoms with Crippen molar-refractivity contribution in [1.29, 1.82) is 0 Å². The molecule has 1 amide bonds. The molecule has 3 N–H and O–H groups in total. The minimum atomic E-state index is -0.994. The van der Waals surface area contributed by atoms with E-state index in [1.54, 1.807) is 13.8 Å². The standard InChI is InChI=1S/C11H22N2O3/c1-5-8(4)12-6-9(14)13-10(7(2)3)11(15)16/h7-8,10,12H,5-6H2,1-4H3,(H,13,14)(H,15,16)/t8?,10-/m1/s1. The van der Waals surface area contributed by atoms with Crippen LogP contribution in [0.25, 0.3) is 0 Å². The number of aliphatic carboxylic acids is 1. The molecule has 0 aromatic heterocycles. The molecule has 2 atom stereocenters. The molecule has 0 heterocycles. The normalized spacial score (nSPS) is 14.6. The van der Waals surface area contributed by atoms with Crippen molar-refractivity contribution in [2.24, 2.45) is 5.92 Å². The van der Waals surface area contributed by atoms with E-state index in [4.69, 9.17) is 5.11 Å². The second-order valence-electron chi connectivity index (χ2n) is 4.32. The average Bonchev–Trinajstić information content (AvgIpc) is 2.21. The molecular formula is C11H22N2O3. The van der Waals surface area contributed by atoms with Crippen molar-refractivity contribution in [2.45, 2.75) is 46.2 Å². The van der Waals surface area contributed by atoms with Gasteiger partial charge >= 0.3 is 5.97 Å². The van der Waals surface area contributed by atoms with Gasteiger partial charge in [-0.05, 0) is 19.3 Å². The largest absolute Gasteiger partial charge is 0.480 e. The zero-order valence-corrected chi connectivity index (χ0v) is 10.4. The Morgan fingerprint density at radius 3 is 2.19 bits per heavy atom. The molecule has 0 rings (SSSR count). The highest BCUT2D eigenvalue weighted by Gasteiger charge is 2.23. The van der Waals surface area contributed by atoms with E-state index in [9.17, 15) is 9.59 Å². The number of rotatable bonds is 7. The Morgan fingerprint density at radius 1 is 1.25 bits per heavy atom. The van der Waals surface area contributed by atoms with Gasteiger partial charge in [-0.3, -0.25) is 4.79 Å². The number of carbonyl (C=O) groups excluding carboxylic acids is 1. The monoisotopic (exact) mass is 230 g/mol. The average molecular weight is 230 g/mol. The lowest BCUT2D eigenvalue weighted by Crippen LogP contribution is -2.48. The lowest BCUT2D eigenvalue weighted by molar-refractivity contribution is -0.143. The van der Waals surface area contributed by atoms with Crippen molar-refractivity contribution in [1.82, 2.24) is 10.6 Å². The van der Waals surface area contributed by atoms with Crippen molar-refractivity contribution < 1.29 is 14.7 Å². The molecule has 0 bridgehead atoms. The first-order valence-corrected chi connectivity index (χ1v) is 5.64. The topological polar surface area (TPSA) is 78.4 Å². The maximum absolute atomic E-state index is 11.4. The highest BCUT2D eigenvalue weighted by atomic mass is 16.4. The molecule has 1 unspecified atom stereocenters. The van der Waals surface area contributed by atoms with E-state index in [1.165, 1.54) is 0 Å². The van der Waals surface area contributed by atoms with Crippen LogP contribution in [0.3, 0.4) is 0 Å². The molecule has 0 saturated carbocycles. The highest BCUT2D eigenvalue weighted by Crippen LogP contribution is 2.01. The van der Waals surface area contributed by atoms with Crippen molar-refractivity contribution >= 4 is 11.9 Å². The molecule has 0 radical (unpaired) electrons. The van der Waals surface area contributed by atoms with E-state index in [1.807, 2.05) is 13.8 Å². The van der Waals surface area contributed by atoms with Gasteiger partial charge in [-0.25, -0.2) is 4.79 Å². The molecule has 0 saturated heterocycles. The summed E-state index contributed by atoms with van der Waals surface area (Å²) in [4.78, 5) is 22.3. The third-order valence-corrected chi connectivity index (χ3v) is 2.47. The van der Waals surface area contributed by atoms with Crippen LogP contribution < -0.4 is 10.6 Å². The fraction of sp³-hybridized carbons (Fsp3) is 0.818. The van der Waals surface area contributed by atoms with Crippen LogP contribution in [-0.4, -0.2) is 35.6 Å². The first-order valence-electron chi connectivity index (χ1n) is 5.64. The molecule has 94 valence electrons. The number of hydrogen-bond acceptors (Lipinski definition) is 3. The third-order valence-electron chi connectivity index (χ3n) is 2.47. The van der Waals surface area contributed by atoms with Crippen LogP contribution in [0.4, 0.5) is 0 Å². The minimum Gasteiger partial charge on any atom is -0.480 e. The van der Waals surface area contributed by atoms with Gasteiger partial charge in [0.25, 0.3) is 0 Å². The molecule has 0 aromatic rings. The molecule has 0 aliphatic heterocycles. The number of carboxylic acids is 1. The number of carbonyl (C=O) groups is 2. The summed E-state index contributed by atoms with van der Waals surface area (Å²) < 4.78 is 0. The Kier molecular flexibility index (Phi) is 6.72. The van der Waals surface area contributed by atoms with Crippen LogP contribution in [0.2, 0.25) is 0 Å². The zero-order chi connectivity index (χ0) is 12.7. The van der Waals surface area contributed by atoms with Gasteiger partial charge in [0.2, 0.25) is 5.91 Å². The van der Waals surface area contributed by atoms with E-state index in [0.717, 1.165) is 6.42 Å². The number of carboxylic acid groups (broad SMARTS) is 1. The Labute approximate surface area is 96.6 Å². The van der Waals surface area contributed by atoms with Gasteiger partial charge < -0.3 is 15.7 Å². The zero-order valence-electron chi connectivity index (χ0n) is 10.4. The van der Waals surface area contributed by atoms with Gasteiger partial charge in [0, 0.05) is 6.04 Å². The summed E-state index contributed by atoms with van der Waals surface area (Å²) in [6.45, 7) is 7.68. The Balaban J connectivity index is 4.06. The highest BCUT2D eigenvalue weighted by molar-refractivity contribution is 5.84. The van der Waals surface area contributed by atoms with Gasteiger partial charge in [-0.2, -0.15) is 0 Å². The molecule has 5 heteroatoms. The van der Waals surface area contributed by atoms with Crippen LogP contribution in [0.15, 0.2) is 0 Å². The molecular weight excluding hydrogens is 208 g/mol. The van der Waals surface area contributed by atoms with E-state index in [2.05, 4.69) is 10.6 Å². The maximum Gasteiger partial charge on any atom is 0.326 e. The first kappa shape index (κ1) is 14.9. The van der Waals surface area contributed by atoms with Crippen LogP contribution in [0, 0.1) is 5.92 Å². The van der Waals surface area contributed by atoms with Crippen LogP contribution in [0.1, 0.15) is 34.1 Å². The Bertz CT molecular complexity index is 241. The number of nitrogens with one attached hydrogen (secondary N) is 2. The summed E-state index contributed by atoms with van der Waals surface area (Å²) >= 11 is 0. The lowest BCUT2D eigenvalue weighted by Gasteiger charge is -2.18. The van der Waals surface area contributed by atoms with Crippen LogP contribution in [0.5, 0.6) is 0 Å². The van der Waals surface area contributed by atoms with E-state index in [0.29, 0.717) is 0 Å². The molecule has 0 aliphatic rings. The maximum atomic E-state index is 11.4. The summed E-state index contributed by atoms with van der Waals surface area (Å²) in [5.74, 6) is -1.39. The Hall–Kier alpha value is -1.10. The molecule has 0 fully saturated rings.